The van der Waals surface area contributed by atoms with Crippen molar-refractivity contribution >= 4 is 23.2 Å². The molecular weight excluding hydrogens is 324 g/mol. The van der Waals surface area contributed by atoms with Crippen LogP contribution in [0.25, 0.3) is 0 Å². The second-order valence-corrected chi connectivity index (χ2v) is 5.61. The Hall–Kier alpha value is -3.42. The highest BCUT2D eigenvalue weighted by molar-refractivity contribution is 5.99. The average Bonchev–Trinajstić information content (AvgIpc) is 2.59. The fourth-order valence-electron chi connectivity index (χ4n) is 2.13. The summed E-state index contributed by atoms with van der Waals surface area (Å²) in [5.41, 5.74) is 6.15. The zero-order valence-corrected chi connectivity index (χ0v) is 14.1. The van der Waals surface area contributed by atoms with Gasteiger partial charge in [-0.2, -0.15) is 0 Å². The molecule has 0 aromatic heterocycles. The maximum atomic E-state index is 12.1. The Morgan fingerprint density at radius 1 is 1.00 bits per heavy atom. The minimum Gasteiger partial charge on any atom is -0.378 e. The summed E-state index contributed by atoms with van der Waals surface area (Å²) in [5.74, 6) is -1.13. The summed E-state index contributed by atoms with van der Waals surface area (Å²) in [7, 11) is 3.70. The van der Waals surface area contributed by atoms with Crippen molar-refractivity contribution in [2.45, 2.75) is 6.92 Å². The number of nitro groups is 1. The van der Waals surface area contributed by atoms with E-state index in [0.29, 0.717) is 11.1 Å². The van der Waals surface area contributed by atoms with Gasteiger partial charge < -0.3 is 4.90 Å². The molecule has 0 saturated heterocycles. The van der Waals surface area contributed by atoms with Crippen molar-refractivity contribution in [2.24, 2.45) is 0 Å². The molecule has 2 N–H and O–H groups in total. The Morgan fingerprint density at radius 3 is 2.16 bits per heavy atom. The van der Waals surface area contributed by atoms with E-state index in [-0.39, 0.29) is 11.3 Å². The number of amides is 2. The van der Waals surface area contributed by atoms with Gasteiger partial charge in [0, 0.05) is 42.5 Å². The molecule has 8 nitrogen and oxygen atoms in total. The molecular formula is C17H18N4O4. The lowest BCUT2D eigenvalue weighted by Gasteiger charge is -2.13. The number of hydrogen-bond donors (Lipinski definition) is 2. The van der Waals surface area contributed by atoms with Crippen molar-refractivity contribution in [1.29, 1.82) is 0 Å². The number of aryl methyl sites for hydroxylation is 1. The van der Waals surface area contributed by atoms with Gasteiger partial charge in [0.2, 0.25) is 0 Å². The third-order valence-electron chi connectivity index (χ3n) is 3.58. The van der Waals surface area contributed by atoms with Crippen LogP contribution in [-0.4, -0.2) is 30.8 Å². The zero-order chi connectivity index (χ0) is 18.6. The van der Waals surface area contributed by atoms with E-state index in [1.54, 1.807) is 25.1 Å². The van der Waals surface area contributed by atoms with Crippen molar-refractivity contribution < 1.29 is 14.5 Å². The van der Waals surface area contributed by atoms with Crippen molar-refractivity contribution in [3.8, 4) is 0 Å². The molecule has 130 valence electrons. The Kier molecular flexibility index (Phi) is 5.33. The number of carbonyl (C=O) groups excluding carboxylic acids is 2. The van der Waals surface area contributed by atoms with Gasteiger partial charge in [0.15, 0.2) is 0 Å². The molecule has 0 aliphatic heterocycles. The van der Waals surface area contributed by atoms with Gasteiger partial charge in [-0.1, -0.05) is 12.1 Å². The lowest BCUT2D eigenvalue weighted by Crippen LogP contribution is -2.41. The number of nitro benzene ring substituents is 1. The molecule has 2 aromatic carbocycles. The molecule has 0 aliphatic carbocycles. The summed E-state index contributed by atoms with van der Waals surface area (Å²) in [4.78, 5) is 36.4. The molecule has 0 spiro atoms. The molecule has 0 unspecified atom stereocenters. The highest BCUT2D eigenvalue weighted by Gasteiger charge is 2.15. The molecule has 0 radical (unpaired) electrons. The first-order valence-electron chi connectivity index (χ1n) is 7.42. The monoisotopic (exact) mass is 342 g/mol. The predicted molar refractivity (Wildman–Crippen MR) is 93.5 cm³/mol. The molecule has 2 amide bonds. The molecule has 0 saturated carbocycles. The van der Waals surface area contributed by atoms with Crippen molar-refractivity contribution in [3.05, 3.63) is 69.3 Å². The largest absolute Gasteiger partial charge is 0.378 e. The molecule has 0 aliphatic rings. The smallest absolute Gasteiger partial charge is 0.273 e. The Labute approximate surface area is 144 Å². The maximum absolute atomic E-state index is 12.1. The van der Waals surface area contributed by atoms with Crippen LogP contribution in [0, 0.1) is 17.0 Å². The lowest BCUT2D eigenvalue weighted by molar-refractivity contribution is -0.385. The van der Waals surface area contributed by atoms with E-state index >= 15 is 0 Å². The standard InChI is InChI=1S/C17H18N4O4/c1-11-7-8-13(10-15(11)21(24)25)17(23)19-18-16(22)12-5-4-6-14(9-12)20(2)3/h4-10H,1-3H3,(H,18,22)(H,19,23). The molecule has 25 heavy (non-hydrogen) atoms. The van der Waals surface area contributed by atoms with Crippen molar-refractivity contribution in [2.75, 3.05) is 19.0 Å². The van der Waals surface area contributed by atoms with Gasteiger partial charge in [0.25, 0.3) is 17.5 Å². The van der Waals surface area contributed by atoms with Gasteiger partial charge in [-0.25, -0.2) is 0 Å². The number of nitrogens with one attached hydrogen (secondary N) is 2. The number of nitrogens with zero attached hydrogens (tertiary/aromatic N) is 2. The maximum Gasteiger partial charge on any atom is 0.273 e. The molecule has 0 atom stereocenters. The van der Waals surface area contributed by atoms with Crippen LogP contribution < -0.4 is 15.8 Å². The Bertz CT molecular complexity index is 833. The van der Waals surface area contributed by atoms with E-state index in [9.17, 15) is 19.7 Å². The average molecular weight is 342 g/mol. The minimum absolute atomic E-state index is 0.0830. The van der Waals surface area contributed by atoms with Crippen LogP contribution in [-0.2, 0) is 0 Å². The van der Waals surface area contributed by atoms with Crippen molar-refractivity contribution in [3.63, 3.8) is 0 Å². The second-order valence-electron chi connectivity index (χ2n) is 5.61. The van der Waals surface area contributed by atoms with E-state index in [1.165, 1.54) is 18.2 Å². The number of benzene rings is 2. The third kappa shape index (κ3) is 4.31. The molecule has 0 fully saturated rings. The Morgan fingerprint density at radius 2 is 1.60 bits per heavy atom. The fraction of sp³-hybridized carbons (Fsp3) is 0.176. The quantitative estimate of drug-likeness (QED) is 0.653. The van der Waals surface area contributed by atoms with Gasteiger partial charge >= 0.3 is 0 Å². The zero-order valence-electron chi connectivity index (χ0n) is 14.1. The highest BCUT2D eigenvalue weighted by Crippen LogP contribution is 2.19. The molecule has 8 heteroatoms. The summed E-state index contributed by atoms with van der Waals surface area (Å²) < 4.78 is 0. The van der Waals surface area contributed by atoms with E-state index in [0.717, 1.165) is 5.69 Å². The van der Waals surface area contributed by atoms with Crippen LogP contribution in [0.2, 0.25) is 0 Å². The van der Waals surface area contributed by atoms with Gasteiger partial charge in [-0.15, -0.1) is 0 Å². The first kappa shape index (κ1) is 17.9. The number of hydrogen-bond acceptors (Lipinski definition) is 5. The lowest BCUT2D eigenvalue weighted by atomic mass is 10.1. The minimum atomic E-state index is -0.639. The number of hydrazine groups is 1. The predicted octanol–water partition coefficient (Wildman–Crippen LogP) is 2.04. The number of carbonyl (C=O) groups is 2. The van der Waals surface area contributed by atoms with Crippen LogP contribution >= 0.6 is 0 Å². The Balaban J connectivity index is 2.07. The summed E-state index contributed by atoms with van der Waals surface area (Å²) in [6.07, 6.45) is 0. The summed E-state index contributed by atoms with van der Waals surface area (Å²) in [6, 6.07) is 11.0. The number of rotatable bonds is 4. The summed E-state index contributed by atoms with van der Waals surface area (Å²) >= 11 is 0. The first-order chi connectivity index (χ1) is 11.8. The van der Waals surface area contributed by atoms with E-state index < -0.39 is 16.7 Å². The topological polar surface area (TPSA) is 105 Å². The van der Waals surface area contributed by atoms with Gasteiger partial charge in [0.1, 0.15) is 0 Å². The summed E-state index contributed by atoms with van der Waals surface area (Å²) in [5, 5.41) is 10.9. The van der Waals surface area contributed by atoms with Crippen LogP contribution in [0.1, 0.15) is 26.3 Å². The van der Waals surface area contributed by atoms with Crippen molar-refractivity contribution in [1.82, 2.24) is 10.9 Å². The third-order valence-corrected chi connectivity index (χ3v) is 3.58. The number of anilines is 1. The molecule has 2 rings (SSSR count). The van der Waals surface area contributed by atoms with Crippen LogP contribution in [0.15, 0.2) is 42.5 Å². The second kappa shape index (κ2) is 7.43. The van der Waals surface area contributed by atoms with Crippen LogP contribution in [0.3, 0.4) is 0 Å². The first-order valence-corrected chi connectivity index (χ1v) is 7.42. The van der Waals surface area contributed by atoms with Gasteiger partial charge in [0.05, 0.1) is 4.92 Å². The molecule has 0 heterocycles. The fourth-order valence-corrected chi connectivity index (χ4v) is 2.13. The van der Waals surface area contributed by atoms with Crippen LogP contribution in [0.5, 0.6) is 0 Å². The molecule has 0 bridgehead atoms. The normalized spacial score (nSPS) is 10.0. The van der Waals surface area contributed by atoms with E-state index in [4.69, 9.17) is 0 Å². The summed E-state index contributed by atoms with van der Waals surface area (Å²) in [6.45, 7) is 1.58. The van der Waals surface area contributed by atoms with E-state index in [2.05, 4.69) is 10.9 Å². The van der Waals surface area contributed by atoms with E-state index in [1.807, 2.05) is 25.1 Å². The highest BCUT2D eigenvalue weighted by atomic mass is 16.6. The van der Waals surface area contributed by atoms with Gasteiger partial charge in [-0.05, 0) is 31.2 Å². The molecule has 2 aromatic rings. The SMILES string of the molecule is Cc1ccc(C(=O)NNC(=O)c2cccc(N(C)C)c2)cc1[N+](=O)[O-]. The van der Waals surface area contributed by atoms with Gasteiger partial charge in [-0.3, -0.25) is 30.6 Å². The van der Waals surface area contributed by atoms with Crippen LogP contribution in [0.4, 0.5) is 11.4 Å².